The molecule has 1 aromatic rings. The molecule has 1 saturated heterocycles. The highest BCUT2D eigenvalue weighted by molar-refractivity contribution is 5.86. The molecule has 1 aromatic carbocycles. The number of hydrogen-bond donors (Lipinski definition) is 2. The van der Waals surface area contributed by atoms with E-state index in [1.807, 2.05) is 0 Å². The van der Waals surface area contributed by atoms with Crippen LogP contribution in [-0.2, 0) is 11.3 Å². The molecule has 4 heteroatoms. The predicted octanol–water partition coefficient (Wildman–Crippen LogP) is 2.74. The molecule has 0 spiro atoms. The molecule has 0 aromatic heterocycles. The number of piperidine rings is 1. The first-order chi connectivity index (χ1) is 11.6. The second-order valence-electron chi connectivity index (χ2n) is 7.67. The van der Waals surface area contributed by atoms with Gasteiger partial charge in [0.15, 0.2) is 0 Å². The van der Waals surface area contributed by atoms with Gasteiger partial charge in [-0.1, -0.05) is 43.5 Å². The van der Waals surface area contributed by atoms with Crippen molar-refractivity contribution in [1.82, 2.24) is 10.2 Å². The van der Waals surface area contributed by atoms with Crippen molar-refractivity contribution in [1.29, 1.82) is 0 Å². The lowest BCUT2D eigenvalue weighted by molar-refractivity contribution is -0.128. The third-order valence-electron chi connectivity index (χ3n) is 5.78. The fraction of sp³-hybridized carbons (Fsp3) is 0.650. The molecule has 4 nitrogen and oxygen atoms in total. The average Bonchev–Trinajstić information content (AvgIpc) is 2.59. The molecule has 1 saturated carbocycles. The number of amides is 1. The summed E-state index contributed by atoms with van der Waals surface area (Å²) in [6.07, 6.45) is 7.10. The maximum absolute atomic E-state index is 12.6. The summed E-state index contributed by atoms with van der Waals surface area (Å²) in [5.41, 5.74) is 8.49. The topological polar surface area (TPSA) is 58.4 Å². The normalized spacial score (nSPS) is 22.2. The van der Waals surface area contributed by atoms with Crippen molar-refractivity contribution >= 4 is 5.91 Å². The van der Waals surface area contributed by atoms with Gasteiger partial charge in [0, 0.05) is 25.7 Å². The van der Waals surface area contributed by atoms with Crippen molar-refractivity contribution in [3.8, 4) is 0 Å². The van der Waals surface area contributed by atoms with Crippen molar-refractivity contribution in [2.45, 2.75) is 70.0 Å². The molecule has 3 rings (SSSR count). The number of benzene rings is 1. The SMILES string of the molecule is Cc1ccccc1CN1CCC(NC(=O)C2(N)CCCCC2)CC1. The Labute approximate surface area is 145 Å². The van der Waals surface area contributed by atoms with Gasteiger partial charge in [-0.15, -0.1) is 0 Å². The van der Waals surface area contributed by atoms with Crippen LogP contribution in [0.1, 0.15) is 56.1 Å². The van der Waals surface area contributed by atoms with Gasteiger partial charge in [-0.05, 0) is 43.7 Å². The number of carbonyl (C=O) groups excluding carboxylic acids is 1. The molecule has 0 radical (unpaired) electrons. The first-order valence-corrected chi connectivity index (χ1v) is 9.43. The van der Waals surface area contributed by atoms with E-state index in [0.29, 0.717) is 0 Å². The lowest BCUT2D eigenvalue weighted by Crippen LogP contribution is -2.58. The number of likely N-dealkylation sites (tertiary alicyclic amines) is 1. The van der Waals surface area contributed by atoms with Gasteiger partial charge in [0.1, 0.15) is 0 Å². The standard InChI is InChI=1S/C20H31N3O/c1-16-7-3-4-8-17(16)15-23-13-9-18(10-14-23)22-19(24)20(21)11-5-2-6-12-20/h3-4,7-8,18H,2,5-6,9-15,21H2,1H3,(H,22,24). The van der Waals surface area contributed by atoms with Crippen LogP contribution in [0.2, 0.25) is 0 Å². The molecule has 0 unspecified atom stereocenters. The van der Waals surface area contributed by atoms with Crippen LogP contribution in [0, 0.1) is 6.92 Å². The molecule has 1 amide bonds. The van der Waals surface area contributed by atoms with Gasteiger partial charge in [-0.3, -0.25) is 9.69 Å². The minimum absolute atomic E-state index is 0.0829. The van der Waals surface area contributed by atoms with E-state index in [0.717, 1.165) is 58.2 Å². The summed E-state index contributed by atoms with van der Waals surface area (Å²) >= 11 is 0. The number of nitrogens with two attached hydrogens (primary N) is 1. The molecule has 1 heterocycles. The smallest absolute Gasteiger partial charge is 0.240 e. The minimum atomic E-state index is -0.615. The van der Waals surface area contributed by atoms with Gasteiger partial charge in [-0.25, -0.2) is 0 Å². The Morgan fingerprint density at radius 1 is 1.21 bits per heavy atom. The highest BCUT2D eigenvalue weighted by atomic mass is 16.2. The number of hydrogen-bond acceptors (Lipinski definition) is 3. The van der Waals surface area contributed by atoms with Crippen LogP contribution in [-0.4, -0.2) is 35.5 Å². The molecule has 1 aliphatic heterocycles. The number of aryl methyl sites for hydroxylation is 1. The Kier molecular flexibility index (Phi) is 5.57. The molecule has 1 aliphatic carbocycles. The van der Waals surface area contributed by atoms with E-state index in [1.54, 1.807) is 0 Å². The maximum Gasteiger partial charge on any atom is 0.240 e. The van der Waals surface area contributed by atoms with Crippen molar-refractivity contribution in [2.75, 3.05) is 13.1 Å². The van der Waals surface area contributed by atoms with Crippen LogP contribution in [0.3, 0.4) is 0 Å². The van der Waals surface area contributed by atoms with E-state index >= 15 is 0 Å². The average molecular weight is 329 g/mol. The fourth-order valence-corrected chi connectivity index (χ4v) is 4.00. The number of nitrogens with one attached hydrogen (secondary N) is 1. The van der Waals surface area contributed by atoms with Crippen molar-refractivity contribution in [2.24, 2.45) is 5.73 Å². The predicted molar refractivity (Wildman–Crippen MR) is 97.6 cm³/mol. The van der Waals surface area contributed by atoms with E-state index in [9.17, 15) is 4.79 Å². The van der Waals surface area contributed by atoms with E-state index in [-0.39, 0.29) is 11.9 Å². The van der Waals surface area contributed by atoms with Crippen molar-refractivity contribution in [3.63, 3.8) is 0 Å². The first kappa shape index (κ1) is 17.4. The second kappa shape index (κ2) is 7.66. The van der Waals surface area contributed by atoms with Crippen LogP contribution in [0.5, 0.6) is 0 Å². The molecule has 24 heavy (non-hydrogen) atoms. The summed E-state index contributed by atoms with van der Waals surface area (Å²) in [5.74, 6) is 0.0829. The van der Waals surface area contributed by atoms with Crippen LogP contribution >= 0.6 is 0 Å². The summed E-state index contributed by atoms with van der Waals surface area (Å²) in [5, 5.41) is 3.23. The van der Waals surface area contributed by atoms with Gasteiger partial charge in [0.2, 0.25) is 5.91 Å². The van der Waals surface area contributed by atoms with Gasteiger partial charge in [-0.2, -0.15) is 0 Å². The Hall–Kier alpha value is -1.39. The molecule has 0 bridgehead atoms. The number of nitrogens with zero attached hydrogens (tertiary/aromatic N) is 1. The Bertz CT molecular complexity index is 558. The number of carbonyl (C=O) groups is 1. The van der Waals surface area contributed by atoms with Gasteiger partial charge in [0.05, 0.1) is 5.54 Å². The summed E-state index contributed by atoms with van der Waals surface area (Å²) in [6, 6.07) is 8.87. The summed E-state index contributed by atoms with van der Waals surface area (Å²) in [4.78, 5) is 15.0. The van der Waals surface area contributed by atoms with Crippen LogP contribution < -0.4 is 11.1 Å². The zero-order valence-corrected chi connectivity index (χ0v) is 14.9. The van der Waals surface area contributed by atoms with Crippen molar-refractivity contribution < 1.29 is 4.79 Å². The zero-order valence-electron chi connectivity index (χ0n) is 14.9. The summed E-state index contributed by atoms with van der Waals surface area (Å²) in [7, 11) is 0. The molecular formula is C20H31N3O. The molecule has 2 fully saturated rings. The van der Waals surface area contributed by atoms with Crippen LogP contribution in [0.15, 0.2) is 24.3 Å². The third kappa shape index (κ3) is 4.17. The molecular weight excluding hydrogens is 298 g/mol. The third-order valence-corrected chi connectivity index (χ3v) is 5.78. The van der Waals surface area contributed by atoms with E-state index in [1.165, 1.54) is 17.5 Å². The highest BCUT2D eigenvalue weighted by Crippen LogP contribution is 2.26. The number of rotatable bonds is 4. The maximum atomic E-state index is 12.6. The van der Waals surface area contributed by atoms with Crippen LogP contribution in [0.25, 0.3) is 0 Å². The molecule has 3 N–H and O–H groups in total. The quantitative estimate of drug-likeness (QED) is 0.893. The minimum Gasteiger partial charge on any atom is -0.352 e. The van der Waals surface area contributed by atoms with Gasteiger partial charge in [0.25, 0.3) is 0 Å². The monoisotopic (exact) mass is 329 g/mol. The Morgan fingerprint density at radius 3 is 2.54 bits per heavy atom. The lowest BCUT2D eigenvalue weighted by atomic mass is 9.81. The highest BCUT2D eigenvalue weighted by Gasteiger charge is 2.36. The lowest BCUT2D eigenvalue weighted by Gasteiger charge is -2.36. The zero-order chi connectivity index (χ0) is 17.0. The summed E-state index contributed by atoms with van der Waals surface area (Å²) < 4.78 is 0. The van der Waals surface area contributed by atoms with Gasteiger partial charge >= 0.3 is 0 Å². The molecule has 132 valence electrons. The first-order valence-electron chi connectivity index (χ1n) is 9.43. The van der Waals surface area contributed by atoms with E-state index < -0.39 is 5.54 Å². The second-order valence-corrected chi connectivity index (χ2v) is 7.67. The largest absolute Gasteiger partial charge is 0.352 e. The van der Waals surface area contributed by atoms with Gasteiger partial charge < -0.3 is 11.1 Å². The molecule has 0 atom stereocenters. The van der Waals surface area contributed by atoms with E-state index in [2.05, 4.69) is 41.4 Å². The van der Waals surface area contributed by atoms with Crippen LogP contribution in [0.4, 0.5) is 0 Å². The fourth-order valence-electron chi connectivity index (χ4n) is 4.00. The van der Waals surface area contributed by atoms with Crippen molar-refractivity contribution in [3.05, 3.63) is 35.4 Å². The Morgan fingerprint density at radius 2 is 1.88 bits per heavy atom. The summed E-state index contributed by atoms with van der Waals surface area (Å²) in [6.45, 7) is 5.26. The Balaban J connectivity index is 1.47. The molecule has 2 aliphatic rings. The van der Waals surface area contributed by atoms with E-state index in [4.69, 9.17) is 5.73 Å².